The van der Waals surface area contributed by atoms with Crippen molar-refractivity contribution < 1.29 is 23.4 Å². The highest BCUT2D eigenvalue weighted by molar-refractivity contribution is 5.87. The third kappa shape index (κ3) is 2.34. The molecule has 0 radical (unpaired) electrons. The van der Waals surface area contributed by atoms with Crippen LogP contribution in [0, 0.1) is 6.92 Å². The number of hydrogen-bond donors (Lipinski definition) is 2. The van der Waals surface area contributed by atoms with Crippen molar-refractivity contribution in [2.75, 3.05) is 7.11 Å². The van der Waals surface area contributed by atoms with Gasteiger partial charge in [0.05, 0.1) is 18.4 Å². The van der Waals surface area contributed by atoms with E-state index < -0.39 is 12.4 Å². The van der Waals surface area contributed by atoms with Crippen LogP contribution < -0.4 is 4.74 Å². The minimum absolute atomic E-state index is 0.00318. The second-order valence-electron chi connectivity index (χ2n) is 4.15. The average Bonchev–Trinajstić information content (AvgIpc) is 2.87. The number of hydrogen-bond acceptors (Lipinski definition) is 3. The number of H-pyrrole nitrogens is 1. The zero-order chi connectivity index (χ0) is 14.9. The summed E-state index contributed by atoms with van der Waals surface area (Å²) in [6.45, 7) is 1.71. The number of carboxylic acid groups (broad SMARTS) is 1. The van der Waals surface area contributed by atoms with Gasteiger partial charge < -0.3 is 9.84 Å². The zero-order valence-corrected chi connectivity index (χ0v) is 10.8. The number of nitrogens with one attached hydrogen (secondary N) is 1. The monoisotopic (exact) mass is 282 g/mol. The fourth-order valence-corrected chi connectivity index (χ4v) is 1.97. The molecule has 5 nitrogen and oxygen atoms in total. The van der Waals surface area contributed by atoms with Crippen molar-refractivity contribution in [3.63, 3.8) is 0 Å². The number of methoxy groups -OCH3 is 1. The van der Waals surface area contributed by atoms with E-state index in [-0.39, 0.29) is 22.7 Å². The van der Waals surface area contributed by atoms with Gasteiger partial charge in [-0.3, -0.25) is 5.10 Å². The Labute approximate surface area is 113 Å². The lowest BCUT2D eigenvalue weighted by Gasteiger charge is -2.14. The van der Waals surface area contributed by atoms with Crippen molar-refractivity contribution >= 4 is 5.97 Å². The fraction of sp³-hybridized carbons (Fsp3) is 0.231. The quantitative estimate of drug-likeness (QED) is 0.903. The number of aromatic carboxylic acids is 1. The molecule has 2 rings (SSSR count). The van der Waals surface area contributed by atoms with E-state index in [0.717, 1.165) is 0 Å². The lowest BCUT2D eigenvalue weighted by molar-refractivity contribution is 0.0690. The SMILES string of the molecule is COc1c(C(F)F)ccc(C)c1-c1cc(C(=O)O)[nH]n1. The molecule has 2 aromatic rings. The standard InChI is InChI=1S/C13H12F2N2O3/c1-6-3-4-7(12(14)15)11(20-2)10(6)8-5-9(13(18)19)17-16-8/h3-5,12H,1-2H3,(H,16,17)(H,18,19). The smallest absolute Gasteiger partial charge is 0.353 e. The van der Waals surface area contributed by atoms with Crippen molar-refractivity contribution in [1.82, 2.24) is 10.2 Å². The molecule has 0 unspecified atom stereocenters. The first-order chi connectivity index (χ1) is 9.45. The molecule has 0 atom stereocenters. The molecule has 1 aromatic carbocycles. The first-order valence-corrected chi connectivity index (χ1v) is 5.70. The Kier molecular flexibility index (Phi) is 3.69. The number of benzene rings is 1. The summed E-state index contributed by atoms with van der Waals surface area (Å²) in [5, 5.41) is 15.0. The van der Waals surface area contributed by atoms with Crippen LogP contribution in [0.5, 0.6) is 5.75 Å². The Balaban J connectivity index is 2.65. The van der Waals surface area contributed by atoms with Crippen LogP contribution in [-0.4, -0.2) is 28.4 Å². The number of ether oxygens (including phenoxy) is 1. The van der Waals surface area contributed by atoms with Crippen LogP contribution in [0.2, 0.25) is 0 Å². The average molecular weight is 282 g/mol. The number of carbonyl (C=O) groups is 1. The van der Waals surface area contributed by atoms with E-state index in [1.54, 1.807) is 6.92 Å². The number of aromatic nitrogens is 2. The number of halogens is 2. The number of aryl methyl sites for hydroxylation is 1. The molecule has 0 spiro atoms. The van der Waals surface area contributed by atoms with Crippen LogP contribution in [-0.2, 0) is 0 Å². The first kappa shape index (κ1) is 14.0. The van der Waals surface area contributed by atoms with E-state index in [4.69, 9.17) is 9.84 Å². The second kappa shape index (κ2) is 5.28. The summed E-state index contributed by atoms with van der Waals surface area (Å²) in [4.78, 5) is 10.8. The minimum Gasteiger partial charge on any atom is -0.496 e. The first-order valence-electron chi connectivity index (χ1n) is 5.70. The molecule has 0 bridgehead atoms. The van der Waals surface area contributed by atoms with Gasteiger partial charge >= 0.3 is 5.97 Å². The Hall–Kier alpha value is -2.44. The lowest BCUT2D eigenvalue weighted by atomic mass is 10.00. The van der Waals surface area contributed by atoms with Crippen molar-refractivity contribution in [2.45, 2.75) is 13.3 Å². The molecule has 0 aliphatic heterocycles. The molecule has 2 N–H and O–H groups in total. The molecule has 0 saturated carbocycles. The van der Waals surface area contributed by atoms with Gasteiger partial charge in [0, 0.05) is 5.56 Å². The number of aromatic amines is 1. The molecule has 7 heteroatoms. The van der Waals surface area contributed by atoms with E-state index in [2.05, 4.69) is 10.2 Å². The van der Waals surface area contributed by atoms with Gasteiger partial charge in [-0.25, -0.2) is 13.6 Å². The van der Waals surface area contributed by atoms with Crippen molar-refractivity contribution in [2.24, 2.45) is 0 Å². The van der Waals surface area contributed by atoms with E-state index in [1.165, 1.54) is 25.3 Å². The van der Waals surface area contributed by atoms with Gasteiger partial charge in [-0.05, 0) is 24.6 Å². The third-order valence-electron chi connectivity index (χ3n) is 2.90. The predicted molar refractivity (Wildman–Crippen MR) is 67.2 cm³/mol. The number of nitrogens with zero attached hydrogens (tertiary/aromatic N) is 1. The lowest BCUT2D eigenvalue weighted by Crippen LogP contribution is -1.98. The Morgan fingerprint density at radius 2 is 2.15 bits per heavy atom. The van der Waals surface area contributed by atoms with Gasteiger partial charge in [0.1, 0.15) is 11.4 Å². The van der Waals surface area contributed by atoms with Gasteiger partial charge in [-0.2, -0.15) is 5.10 Å². The topological polar surface area (TPSA) is 75.2 Å². The summed E-state index contributed by atoms with van der Waals surface area (Å²) in [5.41, 5.74) is 0.889. The molecular weight excluding hydrogens is 270 g/mol. The van der Waals surface area contributed by atoms with Crippen LogP contribution >= 0.6 is 0 Å². The molecule has 1 heterocycles. The summed E-state index contributed by atoms with van der Waals surface area (Å²) in [6.07, 6.45) is -2.69. The maximum atomic E-state index is 13.0. The third-order valence-corrected chi connectivity index (χ3v) is 2.90. The fourth-order valence-electron chi connectivity index (χ4n) is 1.97. The number of carboxylic acids is 1. The molecule has 0 saturated heterocycles. The van der Waals surface area contributed by atoms with Gasteiger partial charge in [0.15, 0.2) is 0 Å². The largest absolute Gasteiger partial charge is 0.496 e. The summed E-state index contributed by atoms with van der Waals surface area (Å²) in [6, 6.07) is 4.09. The number of rotatable bonds is 4. The van der Waals surface area contributed by atoms with Gasteiger partial charge in [-0.15, -0.1) is 0 Å². The Morgan fingerprint density at radius 1 is 1.45 bits per heavy atom. The molecule has 106 valence electrons. The van der Waals surface area contributed by atoms with Crippen LogP contribution in [0.25, 0.3) is 11.3 Å². The van der Waals surface area contributed by atoms with Crippen LogP contribution in [0.1, 0.15) is 28.0 Å². The van der Waals surface area contributed by atoms with E-state index in [9.17, 15) is 13.6 Å². The normalized spacial score (nSPS) is 10.8. The Morgan fingerprint density at radius 3 is 2.65 bits per heavy atom. The molecule has 0 aliphatic carbocycles. The highest BCUT2D eigenvalue weighted by Gasteiger charge is 2.22. The van der Waals surface area contributed by atoms with E-state index in [0.29, 0.717) is 11.1 Å². The summed E-state index contributed by atoms with van der Waals surface area (Å²) in [7, 11) is 1.29. The summed E-state index contributed by atoms with van der Waals surface area (Å²) < 4.78 is 31.0. The van der Waals surface area contributed by atoms with Gasteiger partial charge in [-0.1, -0.05) is 6.07 Å². The molecule has 0 amide bonds. The highest BCUT2D eigenvalue weighted by atomic mass is 19.3. The number of alkyl halides is 2. The van der Waals surface area contributed by atoms with E-state index in [1.807, 2.05) is 0 Å². The minimum atomic E-state index is -2.69. The van der Waals surface area contributed by atoms with Gasteiger partial charge in [0.2, 0.25) is 0 Å². The zero-order valence-electron chi connectivity index (χ0n) is 10.8. The molecule has 0 aliphatic rings. The van der Waals surface area contributed by atoms with Crippen LogP contribution in [0.3, 0.4) is 0 Å². The van der Waals surface area contributed by atoms with Crippen molar-refractivity contribution in [3.05, 3.63) is 35.0 Å². The van der Waals surface area contributed by atoms with E-state index >= 15 is 0 Å². The molecule has 1 aromatic heterocycles. The Bertz CT molecular complexity index is 653. The molecule has 20 heavy (non-hydrogen) atoms. The molecular formula is C13H12F2N2O3. The van der Waals surface area contributed by atoms with Crippen molar-refractivity contribution in [1.29, 1.82) is 0 Å². The van der Waals surface area contributed by atoms with Crippen LogP contribution in [0.15, 0.2) is 18.2 Å². The van der Waals surface area contributed by atoms with Gasteiger partial charge in [0.25, 0.3) is 6.43 Å². The summed E-state index contributed by atoms with van der Waals surface area (Å²) in [5.74, 6) is -1.17. The predicted octanol–water partition coefficient (Wildman–Crippen LogP) is 3.03. The second-order valence-corrected chi connectivity index (χ2v) is 4.15. The maximum Gasteiger partial charge on any atom is 0.353 e. The summed E-state index contributed by atoms with van der Waals surface area (Å²) >= 11 is 0. The van der Waals surface area contributed by atoms with Crippen molar-refractivity contribution in [3.8, 4) is 17.0 Å². The van der Waals surface area contributed by atoms with Crippen LogP contribution in [0.4, 0.5) is 8.78 Å². The maximum absolute atomic E-state index is 13.0. The molecule has 0 fully saturated rings. The highest BCUT2D eigenvalue weighted by Crippen LogP contribution is 2.39.